The van der Waals surface area contributed by atoms with E-state index in [1.165, 1.54) is 0 Å². The average molecular weight is 343 g/mol. The lowest BCUT2D eigenvalue weighted by atomic mass is 9.93. The van der Waals surface area contributed by atoms with Crippen LogP contribution >= 0.6 is 11.6 Å². The minimum absolute atomic E-state index is 0.0271. The van der Waals surface area contributed by atoms with Crippen molar-refractivity contribution >= 4 is 29.4 Å². The van der Waals surface area contributed by atoms with Crippen LogP contribution in [0.15, 0.2) is 10.6 Å². The minimum atomic E-state index is -0.237. The molecule has 2 heterocycles. The van der Waals surface area contributed by atoms with E-state index in [1.807, 2.05) is 20.8 Å². The van der Waals surface area contributed by atoms with Crippen LogP contribution in [0.3, 0.4) is 0 Å². The molecule has 1 aromatic heterocycles. The van der Waals surface area contributed by atoms with Gasteiger partial charge in [0.25, 0.3) is 0 Å². The molecule has 3 amide bonds. The molecule has 7 nitrogen and oxygen atoms in total. The number of carbonyl (C=O) groups excluding carboxylic acids is 2. The summed E-state index contributed by atoms with van der Waals surface area (Å²) in [4.78, 5) is 27.3. The van der Waals surface area contributed by atoms with Crippen LogP contribution in [0, 0.1) is 0 Å². The van der Waals surface area contributed by atoms with Crippen molar-refractivity contribution in [2.45, 2.75) is 32.6 Å². The van der Waals surface area contributed by atoms with Crippen molar-refractivity contribution in [1.82, 2.24) is 15.0 Å². The second-order valence-corrected chi connectivity index (χ2v) is 6.88. The number of nitrogens with one attached hydrogen (secondary N) is 1. The summed E-state index contributed by atoms with van der Waals surface area (Å²) in [7, 11) is 0. The van der Waals surface area contributed by atoms with Crippen molar-refractivity contribution in [1.29, 1.82) is 0 Å². The first-order chi connectivity index (χ1) is 10.8. The molecule has 1 aliphatic heterocycles. The topological polar surface area (TPSA) is 78.7 Å². The lowest BCUT2D eigenvalue weighted by Gasteiger charge is -2.21. The quantitative estimate of drug-likeness (QED) is 0.836. The Morgan fingerprint density at radius 1 is 1.26 bits per heavy atom. The molecule has 0 aliphatic carbocycles. The summed E-state index contributed by atoms with van der Waals surface area (Å²) in [5.41, 5.74) is -0.166. The molecule has 0 bridgehead atoms. The van der Waals surface area contributed by atoms with Gasteiger partial charge >= 0.3 is 6.03 Å². The number of rotatable bonds is 2. The van der Waals surface area contributed by atoms with Crippen LogP contribution in [0.1, 0.15) is 33.0 Å². The maximum absolute atomic E-state index is 12.3. The standard InChI is InChI=1S/C15H23ClN4O3/c1-15(2,3)11-9-12(18-23-11)17-14(22)20-6-4-5-19(7-8-20)13(21)10-16/h9H,4-8,10H2,1-3H3,(H,17,18,22). The summed E-state index contributed by atoms with van der Waals surface area (Å²) < 4.78 is 5.25. The molecule has 0 unspecified atom stereocenters. The smallest absolute Gasteiger partial charge is 0.323 e. The summed E-state index contributed by atoms with van der Waals surface area (Å²) in [6.45, 7) is 8.20. The molecular weight excluding hydrogens is 320 g/mol. The Hall–Kier alpha value is -1.76. The maximum atomic E-state index is 12.3. The van der Waals surface area contributed by atoms with E-state index in [0.717, 1.165) is 6.42 Å². The van der Waals surface area contributed by atoms with E-state index in [1.54, 1.807) is 15.9 Å². The second kappa shape index (κ2) is 7.21. The Bertz CT molecular complexity index is 567. The van der Waals surface area contributed by atoms with Crippen LogP contribution in [0.25, 0.3) is 0 Å². The first kappa shape index (κ1) is 17.6. The SMILES string of the molecule is CC(C)(C)c1cc(NC(=O)N2CCCN(C(=O)CCl)CC2)no1. The molecule has 1 aliphatic rings. The van der Waals surface area contributed by atoms with Crippen LogP contribution in [0.4, 0.5) is 10.6 Å². The highest BCUT2D eigenvalue weighted by molar-refractivity contribution is 6.27. The molecular formula is C15H23ClN4O3. The van der Waals surface area contributed by atoms with Gasteiger partial charge in [0, 0.05) is 37.7 Å². The van der Waals surface area contributed by atoms with Gasteiger partial charge in [0.05, 0.1) is 0 Å². The number of hydrogen-bond donors (Lipinski definition) is 1. The average Bonchev–Trinajstić information content (AvgIpc) is 2.82. The van der Waals surface area contributed by atoms with Gasteiger partial charge in [0.15, 0.2) is 5.82 Å². The van der Waals surface area contributed by atoms with Gasteiger partial charge in [-0.25, -0.2) is 4.79 Å². The highest BCUT2D eigenvalue weighted by atomic mass is 35.5. The summed E-state index contributed by atoms with van der Waals surface area (Å²) in [5, 5.41) is 6.62. The van der Waals surface area contributed by atoms with E-state index in [0.29, 0.717) is 37.8 Å². The monoisotopic (exact) mass is 342 g/mol. The Morgan fingerprint density at radius 3 is 2.52 bits per heavy atom. The van der Waals surface area contributed by atoms with Gasteiger partial charge in [0.2, 0.25) is 5.91 Å². The number of urea groups is 1. The Kier molecular flexibility index (Phi) is 5.51. The van der Waals surface area contributed by atoms with E-state index in [4.69, 9.17) is 16.1 Å². The molecule has 0 saturated carbocycles. The molecule has 23 heavy (non-hydrogen) atoms. The van der Waals surface area contributed by atoms with Gasteiger partial charge in [-0.1, -0.05) is 25.9 Å². The molecule has 1 aromatic rings. The van der Waals surface area contributed by atoms with Crippen LogP contribution in [-0.4, -0.2) is 59.0 Å². The van der Waals surface area contributed by atoms with Crippen molar-refractivity contribution in [2.24, 2.45) is 0 Å². The number of hydrogen-bond acceptors (Lipinski definition) is 4. The molecule has 2 rings (SSSR count). The zero-order chi connectivity index (χ0) is 17.0. The molecule has 0 aromatic carbocycles. The Labute approximate surface area is 140 Å². The maximum Gasteiger partial charge on any atom is 0.323 e. The molecule has 1 fully saturated rings. The van der Waals surface area contributed by atoms with Crippen LogP contribution in [-0.2, 0) is 10.2 Å². The summed E-state index contributed by atoms with van der Waals surface area (Å²) >= 11 is 5.58. The lowest BCUT2D eigenvalue weighted by Crippen LogP contribution is -2.39. The molecule has 128 valence electrons. The van der Waals surface area contributed by atoms with Crippen molar-refractivity contribution in [3.63, 3.8) is 0 Å². The molecule has 0 atom stereocenters. The zero-order valence-corrected chi connectivity index (χ0v) is 14.5. The van der Waals surface area contributed by atoms with E-state index in [9.17, 15) is 9.59 Å². The number of amides is 3. The molecule has 1 N–H and O–H groups in total. The fraction of sp³-hybridized carbons (Fsp3) is 0.667. The fourth-order valence-electron chi connectivity index (χ4n) is 2.33. The summed E-state index contributed by atoms with van der Waals surface area (Å²) in [6.07, 6.45) is 0.724. The largest absolute Gasteiger partial charge is 0.359 e. The Morgan fingerprint density at radius 2 is 1.91 bits per heavy atom. The summed E-state index contributed by atoms with van der Waals surface area (Å²) in [6, 6.07) is 1.50. The van der Waals surface area contributed by atoms with E-state index >= 15 is 0 Å². The molecule has 8 heteroatoms. The van der Waals surface area contributed by atoms with Gasteiger partial charge < -0.3 is 14.3 Å². The van der Waals surface area contributed by atoms with E-state index in [2.05, 4.69) is 10.5 Å². The lowest BCUT2D eigenvalue weighted by molar-refractivity contribution is -0.128. The number of aromatic nitrogens is 1. The van der Waals surface area contributed by atoms with Crippen LogP contribution in [0.2, 0.25) is 0 Å². The number of halogens is 1. The predicted octanol–water partition coefficient (Wildman–Crippen LogP) is 2.28. The van der Waals surface area contributed by atoms with Gasteiger partial charge in [-0.3, -0.25) is 10.1 Å². The van der Waals surface area contributed by atoms with E-state index < -0.39 is 0 Å². The van der Waals surface area contributed by atoms with Crippen LogP contribution in [0.5, 0.6) is 0 Å². The van der Waals surface area contributed by atoms with Gasteiger partial charge in [-0.15, -0.1) is 11.6 Å². The predicted molar refractivity (Wildman–Crippen MR) is 87.7 cm³/mol. The highest BCUT2D eigenvalue weighted by Crippen LogP contribution is 2.24. The fourth-order valence-corrected chi connectivity index (χ4v) is 2.50. The molecule has 0 radical (unpaired) electrons. The molecule has 1 saturated heterocycles. The van der Waals surface area contributed by atoms with Gasteiger partial charge in [0.1, 0.15) is 11.6 Å². The number of nitrogens with zero attached hydrogens (tertiary/aromatic N) is 3. The van der Waals surface area contributed by atoms with Crippen molar-refractivity contribution in [3.05, 3.63) is 11.8 Å². The third-order valence-corrected chi connectivity index (χ3v) is 3.96. The summed E-state index contributed by atoms with van der Waals surface area (Å²) in [5.74, 6) is 0.987. The zero-order valence-electron chi connectivity index (χ0n) is 13.8. The third-order valence-electron chi connectivity index (χ3n) is 3.73. The van der Waals surface area contributed by atoms with E-state index in [-0.39, 0.29) is 23.2 Å². The van der Waals surface area contributed by atoms with Crippen molar-refractivity contribution in [3.8, 4) is 0 Å². The first-order valence-electron chi connectivity index (χ1n) is 7.68. The highest BCUT2D eigenvalue weighted by Gasteiger charge is 2.24. The third kappa shape index (κ3) is 4.60. The van der Waals surface area contributed by atoms with Crippen molar-refractivity contribution in [2.75, 3.05) is 37.4 Å². The van der Waals surface area contributed by atoms with Crippen molar-refractivity contribution < 1.29 is 14.1 Å². The number of anilines is 1. The number of alkyl halides is 1. The normalized spacial score (nSPS) is 16.2. The minimum Gasteiger partial charge on any atom is -0.359 e. The molecule has 0 spiro atoms. The first-order valence-corrected chi connectivity index (χ1v) is 8.21. The van der Waals surface area contributed by atoms with Gasteiger partial charge in [-0.05, 0) is 6.42 Å². The second-order valence-electron chi connectivity index (χ2n) is 6.61. The Balaban J connectivity index is 1.93. The van der Waals surface area contributed by atoms with Crippen LogP contribution < -0.4 is 5.32 Å². The number of carbonyl (C=O) groups is 2. The van der Waals surface area contributed by atoms with Gasteiger partial charge in [-0.2, -0.15) is 0 Å².